The molecule has 1 unspecified atom stereocenters. The lowest BCUT2D eigenvalue weighted by Crippen LogP contribution is -2.44. The summed E-state index contributed by atoms with van der Waals surface area (Å²) < 4.78 is 0. The second kappa shape index (κ2) is 7.09. The number of nitrogens with two attached hydrogens (primary N) is 1. The summed E-state index contributed by atoms with van der Waals surface area (Å²) >= 11 is 0. The summed E-state index contributed by atoms with van der Waals surface area (Å²) in [5, 5.41) is 0. The summed E-state index contributed by atoms with van der Waals surface area (Å²) in [5.74, 6) is -0.625. The number of hydrogen-bond donors (Lipinski definition) is 1. The van der Waals surface area contributed by atoms with E-state index >= 15 is 0 Å². The van der Waals surface area contributed by atoms with Gasteiger partial charge in [0.2, 0.25) is 11.8 Å². The molecular formula is C21H24N2O2. The number of carbonyl (C=O) groups excluding carboxylic acids is 2. The minimum Gasteiger partial charge on any atom is -0.369 e. The maximum atomic E-state index is 12.9. The van der Waals surface area contributed by atoms with Crippen LogP contribution in [0.3, 0.4) is 0 Å². The third kappa shape index (κ3) is 3.73. The van der Waals surface area contributed by atoms with Crippen molar-refractivity contribution in [3.8, 4) is 0 Å². The van der Waals surface area contributed by atoms with Gasteiger partial charge >= 0.3 is 0 Å². The highest BCUT2D eigenvalue weighted by Gasteiger charge is 2.30. The van der Waals surface area contributed by atoms with E-state index in [1.165, 1.54) is 16.7 Å². The van der Waals surface area contributed by atoms with Gasteiger partial charge in [0.25, 0.3) is 0 Å². The van der Waals surface area contributed by atoms with E-state index in [-0.39, 0.29) is 17.7 Å². The highest BCUT2D eigenvalue weighted by Crippen LogP contribution is 2.30. The molecule has 0 saturated heterocycles. The van der Waals surface area contributed by atoms with Gasteiger partial charge in [0.05, 0.1) is 5.92 Å². The van der Waals surface area contributed by atoms with Gasteiger partial charge in [0.15, 0.2) is 0 Å². The molecule has 4 heteroatoms. The number of aryl methyl sites for hydroxylation is 3. The SMILES string of the molecule is Cc1ccc(CCC(=O)N2CC(C(N)=O)Cc3ccccc32)c(C)c1. The zero-order chi connectivity index (χ0) is 18.0. The van der Waals surface area contributed by atoms with Crippen LogP contribution in [0.15, 0.2) is 42.5 Å². The zero-order valence-corrected chi connectivity index (χ0v) is 14.8. The molecule has 0 spiro atoms. The number of amides is 2. The van der Waals surface area contributed by atoms with Crippen molar-refractivity contribution in [3.05, 3.63) is 64.7 Å². The molecule has 1 aliphatic rings. The maximum absolute atomic E-state index is 12.9. The van der Waals surface area contributed by atoms with E-state index in [9.17, 15) is 9.59 Å². The third-order valence-electron chi connectivity index (χ3n) is 4.96. The van der Waals surface area contributed by atoms with Gasteiger partial charge in [0, 0.05) is 18.7 Å². The van der Waals surface area contributed by atoms with Gasteiger partial charge in [-0.05, 0) is 49.4 Å². The molecule has 0 fully saturated rings. The summed E-state index contributed by atoms with van der Waals surface area (Å²) in [6.07, 6.45) is 1.72. The number of nitrogens with zero attached hydrogens (tertiary/aromatic N) is 1. The summed E-state index contributed by atoms with van der Waals surface area (Å²) in [6.45, 7) is 4.51. The van der Waals surface area contributed by atoms with Crippen LogP contribution in [0.1, 0.15) is 28.7 Å². The van der Waals surface area contributed by atoms with Crippen molar-refractivity contribution in [1.29, 1.82) is 0 Å². The average Bonchev–Trinajstić information content (AvgIpc) is 2.59. The Bertz CT molecular complexity index is 813. The standard InChI is InChI=1S/C21H24N2O2/c1-14-7-8-16(15(2)11-14)9-10-20(24)23-13-18(21(22)25)12-17-5-3-4-6-19(17)23/h3-8,11,18H,9-10,12-13H2,1-2H3,(H2,22,25). The summed E-state index contributed by atoms with van der Waals surface area (Å²) in [5.41, 5.74) is 11.1. The predicted molar refractivity (Wildman–Crippen MR) is 99.4 cm³/mol. The molecular weight excluding hydrogens is 312 g/mol. The lowest BCUT2D eigenvalue weighted by atomic mass is 9.91. The number of fused-ring (bicyclic) bond motifs is 1. The Balaban J connectivity index is 1.77. The first-order valence-corrected chi connectivity index (χ1v) is 8.69. The van der Waals surface area contributed by atoms with Crippen LogP contribution in [0, 0.1) is 19.8 Å². The fourth-order valence-electron chi connectivity index (χ4n) is 3.53. The van der Waals surface area contributed by atoms with Gasteiger partial charge in [-0.3, -0.25) is 9.59 Å². The van der Waals surface area contributed by atoms with Gasteiger partial charge in [-0.25, -0.2) is 0 Å². The molecule has 4 nitrogen and oxygen atoms in total. The van der Waals surface area contributed by atoms with E-state index in [1.54, 1.807) is 4.90 Å². The third-order valence-corrected chi connectivity index (χ3v) is 4.96. The average molecular weight is 336 g/mol. The molecule has 0 saturated carbocycles. The summed E-state index contributed by atoms with van der Waals surface area (Å²) in [4.78, 5) is 26.3. The Kier molecular flexibility index (Phi) is 4.88. The fraction of sp³-hybridized carbons (Fsp3) is 0.333. The number of benzene rings is 2. The first-order chi connectivity index (χ1) is 12.0. The first-order valence-electron chi connectivity index (χ1n) is 8.69. The van der Waals surface area contributed by atoms with E-state index in [2.05, 4.69) is 32.0 Å². The van der Waals surface area contributed by atoms with Crippen molar-refractivity contribution in [3.63, 3.8) is 0 Å². The van der Waals surface area contributed by atoms with Crippen LogP contribution >= 0.6 is 0 Å². The number of hydrogen-bond acceptors (Lipinski definition) is 2. The number of para-hydroxylation sites is 1. The van der Waals surface area contributed by atoms with Crippen LogP contribution in [-0.4, -0.2) is 18.4 Å². The molecule has 1 heterocycles. The zero-order valence-electron chi connectivity index (χ0n) is 14.8. The molecule has 0 bridgehead atoms. The number of anilines is 1. The number of rotatable bonds is 4. The van der Waals surface area contributed by atoms with Crippen molar-refractivity contribution < 1.29 is 9.59 Å². The van der Waals surface area contributed by atoms with Gasteiger partial charge in [-0.15, -0.1) is 0 Å². The topological polar surface area (TPSA) is 63.4 Å². The molecule has 130 valence electrons. The van der Waals surface area contributed by atoms with Crippen LogP contribution in [0.25, 0.3) is 0 Å². The molecule has 0 aromatic heterocycles. The van der Waals surface area contributed by atoms with Crippen molar-refractivity contribution in [2.45, 2.75) is 33.1 Å². The van der Waals surface area contributed by atoms with E-state index in [4.69, 9.17) is 5.73 Å². The quantitative estimate of drug-likeness (QED) is 0.933. The van der Waals surface area contributed by atoms with E-state index < -0.39 is 0 Å². The monoisotopic (exact) mass is 336 g/mol. The van der Waals surface area contributed by atoms with E-state index in [0.717, 1.165) is 11.3 Å². The molecule has 25 heavy (non-hydrogen) atoms. The van der Waals surface area contributed by atoms with E-state index in [0.29, 0.717) is 25.8 Å². The largest absolute Gasteiger partial charge is 0.369 e. The molecule has 0 aliphatic carbocycles. The molecule has 2 aromatic rings. The maximum Gasteiger partial charge on any atom is 0.227 e. The lowest BCUT2D eigenvalue weighted by Gasteiger charge is -2.33. The predicted octanol–water partition coefficient (Wildman–Crippen LogP) is 2.93. The van der Waals surface area contributed by atoms with Crippen LogP contribution in [0.2, 0.25) is 0 Å². The van der Waals surface area contributed by atoms with Crippen LogP contribution in [0.4, 0.5) is 5.69 Å². The highest BCUT2D eigenvalue weighted by molar-refractivity contribution is 5.96. The molecule has 3 rings (SSSR count). The normalized spacial score (nSPS) is 16.4. The summed E-state index contributed by atoms with van der Waals surface area (Å²) in [6, 6.07) is 14.1. The lowest BCUT2D eigenvalue weighted by molar-refractivity contribution is -0.122. The number of primary amides is 1. The Morgan fingerprint density at radius 3 is 2.64 bits per heavy atom. The van der Waals surface area contributed by atoms with Crippen LogP contribution in [0.5, 0.6) is 0 Å². The van der Waals surface area contributed by atoms with Crippen molar-refractivity contribution in [2.75, 3.05) is 11.4 Å². The van der Waals surface area contributed by atoms with Crippen LogP contribution in [-0.2, 0) is 22.4 Å². The smallest absolute Gasteiger partial charge is 0.227 e. The second-order valence-electron chi connectivity index (χ2n) is 6.87. The minimum absolute atomic E-state index is 0.0402. The van der Waals surface area contributed by atoms with Crippen molar-refractivity contribution in [1.82, 2.24) is 0 Å². The van der Waals surface area contributed by atoms with Gasteiger partial charge in [0.1, 0.15) is 0 Å². The second-order valence-corrected chi connectivity index (χ2v) is 6.87. The number of carbonyl (C=O) groups is 2. The van der Waals surface area contributed by atoms with Gasteiger partial charge < -0.3 is 10.6 Å². The van der Waals surface area contributed by atoms with Crippen molar-refractivity contribution in [2.24, 2.45) is 11.7 Å². The molecule has 1 atom stereocenters. The van der Waals surface area contributed by atoms with Gasteiger partial charge in [-0.2, -0.15) is 0 Å². The highest BCUT2D eigenvalue weighted by atomic mass is 16.2. The van der Waals surface area contributed by atoms with Gasteiger partial charge in [-0.1, -0.05) is 42.0 Å². The van der Waals surface area contributed by atoms with E-state index in [1.807, 2.05) is 24.3 Å². The molecule has 2 amide bonds. The first kappa shape index (κ1) is 17.2. The molecule has 1 aliphatic heterocycles. The molecule has 2 N–H and O–H groups in total. The van der Waals surface area contributed by atoms with Crippen LogP contribution < -0.4 is 10.6 Å². The minimum atomic E-state index is -0.346. The fourth-order valence-corrected chi connectivity index (χ4v) is 3.53. The molecule has 2 aromatic carbocycles. The Labute approximate surface area is 148 Å². The Hall–Kier alpha value is -2.62. The summed E-state index contributed by atoms with van der Waals surface area (Å²) in [7, 11) is 0. The Morgan fingerprint density at radius 1 is 1.16 bits per heavy atom. The van der Waals surface area contributed by atoms with Crippen molar-refractivity contribution >= 4 is 17.5 Å². The molecule has 0 radical (unpaired) electrons. The Morgan fingerprint density at radius 2 is 1.92 bits per heavy atom.